The van der Waals surface area contributed by atoms with E-state index in [1.54, 1.807) is 7.05 Å². The lowest BCUT2D eigenvalue weighted by molar-refractivity contribution is 0.0907. The predicted octanol–water partition coefficient (Wildman–Crippen LogP) is 1.47. The maximum absolute atomic E-state index is 11.9. The van der Waals surface area contributed by atoms with E-state index in [9.17, 15) is 8.42 Å². The van der Waals surface area contributed by atoms with Crippen LogP contribution in [0.1, 0.15) is 34.1 Å². The van der Waals surface area contributed by atoms with Crippen LogP contribution in [0.5, 0.6) is 0 Å². The fraction of sp³-hybridized carbons (Fsp3) is 1.00. The lowest BCUT2D eigenvalue weighted by atomic mass is 10.0. The third-order valence-electron chi connectivity index (χ3n) is 2.90. The first kappa shape index (κ1) is 21.4. The first-order chi connectivity index (χ1) is 8.16. The average molecular weight is 317 g/mol. The fourth-order valence-electron chi connectivity index (χ4n) is 1.35. The molecule has 1 unspecified atom stereocenters. The van der Waals surface area contributed by atoms with E-state index in [0.29, 0.717) is 18.9 Å². The number of halogens is 1. The molecule has 0 aliphatic rings. The van der Waals surface area contributed by atoms with Gasteiger partial charge in [0, 0.05) is 19.6 Å². The van der Waals surface area contributed by atoms with Crippen molar-refractivity contribution in [3.63, 3.8) is 0 Å². The van der Waals surface area contributed by atoms with E-state index < -0.39 is 10.0 Å². The van der Waals surface area contributed by atoms with Gasteiger partial charge < -0.3 is 10.5 Å². The summed E-state index contributed by atoms with van der Waals surface area (Å²) >= 11 is 0. The van der Waals surface area contributed by atoms with Gasteiger partial charge in [0.15, 0.2) is 0 Å². The van der Waals surface area contributed by atoms with Crippen LogP contribution in [0.2, 0.25) is 0 Å². The third-order valence-corrected chi connectivity index (χ3v) is 4.72. The van der Waals surface area contributed by atoms with Crippen molar-refractivity contribution in [3.8, 4) is 0 Å². The number of hydrogen-bond donors (Lipinski definition) is 1. The minimum absolute atomic E-state index is 0. The minimum atomic E-state index is -3.22. The highest BCUT2D eigenvalue weighted by Gasteiger charge is 2.19. The summed E-state index contributed by atoms with van der Waals surface area (Å²) in [7, 11) is -1.63. The molecule has 0 saturated carbocycles. The summed E-state index contributed by atoms with van der Waals surface area (Å²) in [6, 6.07) is 0.0366. The Balaban J connectivity index is 0. The third kappa shape index (κ3) is 9.62. The number of nitrogens with zero attached hydrogens (tertiary/aromatic N) is 1. The molecule has 0 aliphatic carbocycles. The van der Waals surface area contributed by atoms with Gasteiger partial charge in [0.1, 0.15) is 0 Å². The molecule has 0 aromatic carbocycles. The fourth-order valence-corrected chi connectivity index (χ4v) is 2.35. The van der Waals surface area contributed by atoms with Gasteiger partial charge in [-0.15, -0.1) is 12.4 Å². The van der Waals surface area contributed by atoms with Crippen molar-refractivity contribution in [3.05, 3.63) is 0 Å². The Morgan fingerprint density at radius 1 is 1.21 bits per heavy atom. The van der Waals surface area contributed by atoms with E-state index in [0.717, 1.165) is 0 Å². The highest BCUT2D eigenvalue weighted by molar-refractivity contribution is 7.89. The maximum Gasteiger partial charge on any atom is 0.216 e. The van der Waals surface area contributed by atoms with Crippen molar-refractivity contribution >= 4 is 22.4 Å². The molecule has 118 valence electrons. The molecule has 5 nitrogen and oxygen atoms in total. The van der Waals surface area contributed by atoms with E-state index in [1.165, 1.54) is 4.31 Å². The normalized spacial score (nSPS) is 13.9. The highest BCUT2D eigenvalue weighted by Crippen LogP contribution is 2.06. The summed E-state index contributed by atoms with van der Waals surface area (Å²) in [5.74, 6) is 0.392. The van der Waals surface area contributed by atoms with Crippen LogP contribution < -0.4 is 5.73 Å². The monoisotopic (exact) mass is 316 g/mol. The Labute approximate surface area is 124 Å². The van der Waals surface area contributed by atoms with Gasteiger partial charge in [-0.3, -0.25) is 0 Å². The van der Waals surface area contributed by atoms with Gasteiger partial charge in [-0.25, -0.2) is 12.7 Å². The van der Waals surface area contributed by atoms with Gasteiger partial charge in [-0.05, 0) is 26.2 Å². The Morgan fingerprint density at radius 2 is 1.74 bits per heavy atom. The van der Waals surface area contributed by atoms with Crippen molar-refractivity contribution < 1.29 is 13.2 Å². The van der Waals surface area contributed by atoms with Crippen LogP contribution in [0.4, 0.5) is 0 Å². The molecule has 1 atom stereocenters. The number of hydrogen-bond acceptors (Lipinski definition) is 4. The zero-order valence-electron chi connectivity index (χ0n) is 12.6. The van der Waals surface area contributed by atoms with Gasteiger partial charge in [0.05, 0.1) is 18.5 Å². The Hall–Kier alpha value is 0.120. The van der Waals surface area contributed by atoms with Crippen molar-refractivity contribution in [2.75, 3.05) is 26.0 Å². The molecule has 7 heteroatoms. The number of rotatable bonds is 9. The predicted molar refractivity (Wildman–Crippen MR) is 82.2 cm³/mol. The SMILES string of the molecule is CC(C)OCCS(=O)(=O)N(C)CCC(N)C(C)C.Cl. The Kier molecular flexibility index (Phi) is 11.2. The Morgan fingerprint density at radius 3 is 2.16 bits per heavy atom. The summed E-state index contributed by atoms with van der Waals surface area (Å²) < 4.78 is 30.4. The van der Waals surface area contributed by atoms with E-state index in [4.69, 9.17) is 10.5 Å². The largest absolute Gasteiger partial charge is 0.378 e. The standard InChI is InChI=1S/C12H28N2O3S.ClH/c1-10(2)12(13)6-7-14(5)18(15,16)9-8-17-11(3)4;/h10-12H,6-9,13H2,1-5H3;1H. The van der Waals surface area contributed by atoms with E-state index in [2.05, 4.69) is 0 Å². The number of sulfonamides is 1. The van der Waals surface area contributed by atoms with Crippen LogP contribution >= 0.6 is 12.4 Å². The quantitative estimate of drug-likeness (QED) is 0.699. The van der Waals surface area contributed by atoms with Crippen LogP contribution in [-0.4, -0.2) is 50.8 Å². The molecular weight excluding hydrogens is 288 g/mol. The summed E-state index contributed by atoms with van der Waals surface area (Å²) in [6.07, 6.45) is 0.734. The molecule has 0 rings (SSSR count). The summed E-state index contributed by atoms with van der Waals surface area (Å²) in [5.41, 5.74) is 5.90. The molecule has 2 N–H and O–H groups in total. The van der Waals surface area contributed by atoms with E-state index in [1.807, 2.05) is 27.7 Å². The van der Waals surface area contributed by atoms with Crippen molar-refractivity contribution in [2.24, 2.45) is 11.7 Å². The molecule has 0 bridgehead atoms. The molecule has 0 saturated heterocycles. The van der Waals surface area contributed by atoms with Gasteiger partial charge in [0.2, 0.25) is 10.0 Å². The summed E-state index contributed by atoms with van der Waals surface area (Å²) in [6.45, 7) is 8.55. The maximum atomic E-state index is 11.9. The second kappa shape index (κ2) is 9.94. The number of nitrogens with two attached hydrogens (primary N) is 1. The van der Waals surface area contributed by atoms with Gasteiger partial charge in [-0.1, -0.05) is 13.8 Å². The van der Waals surface area contributed by atoms with E-state index >= 15 is 0 Å². The smallest absolute Gasteiger partial charge is 0.216 e. The van der Waals surface area contributed by atoms with Crippen LogP contribution in [0.15, 0.2) is 0 Å². The molecule has 0 heterocycles. The van der Waals surface area contributed by atoms with Crippen molar-refractivity contribution in [2.45, 2.75) is 46.3 Å². The first-order valence-electron chi connectivity index (χ1n) is 6.48. The molecule has 0 amide bonds. The molecule has 0 aromatic heterocycles. The van der Waals surface area contributed by atoms with Gasteiger partial charge in [0.25, 0.3) is 0 Å². The molecule has 0 fully saturated rings. The summed E-state index contributed by atoms with van der Waals surface area (Å²) in [4.78, 5) is 0. The zero-order chi connectivity index (χ0) is 14.3. The van der Waals surface area contributed by atoms with Crippen molar-refractivity contribution in [1.82, 2.24) is 4.31 Å². The molecule has 19 heavy (non-hydrogen) atoms. The van der Waals surface area contributed by atoms with E-state index in [-0.39, 0.29) is 36.9 Å². The lowest BCUT2D eigenvalue weighted by Gasteiger charge is -2.21. The van der Waals surface area contributed by atoms with Gasteiger partial charge in [-0.2, -0.15) is 0 Å². The second-order valence-corrected chi connectivity index (χ2v) is 7.45. The zero-order valence-corrected chi connectivity index (χ0v) is 14.3. The molecule has 0 aliphatic heterocycles. The molecule has 0 radical (unpaired) electrons. The van der Waals surface area contributed by atoms with Crippen LogP contribution in [0.25, 0.3) is 0 Å². The molecule has 0 spiro atoms. The van der Waals surface area contributed by atoms with Crippen LogP contribution in [0.3, 0.4) is 0 Å². The second-order valence-electron chi connectivity index (χ2n) is 5.25. The van der Waals surface area contributed by atoms with Gasteiger partial charge >= 0.3 is 0 Å². The highest BCUT2D eigenvalue weighted by atomic mass is 35.5. The first-order valence-corrected chi connectivity index (χ1v) is 8.09. The van der Waals surface area contributed by atoms with Crippen molar-refractivity contribution in [1.29, 1.82) is 0 Å². The average Bonchev–Trinajstić information content (AvgIpc) is 2.24. The number of ether oxygens (including phenoxy) is 1. The molecule has 0 aromatic rings. The topological polar surface area (TPSA) is 72.6 Å². The Bertz CT molecular complexity index is 321. The molecular formula is C12H29ClN2O3S. The summed E-state index contributed by atoms with van der Waals surface area (Å²) in [5, 5.41) is 0. The van der Waals surface area contributed by atoms with Crippen LogP contribution in [-0.2, 0) is 14.8 Å². The van der Waals surface area contributed by atoms with Crippen LogP contribution in [0, 0.1) is 5.92 Å². The minimum Gasteiger partial charge on any atom is -0.378 e. The lowest BCUT2D eigenvalue weighted by Crippen LogP contribution is -2.36.